The quantitative estimate of drug-likeness (QED) is 0.722. The Labute approximate surface area is 165 Å². The standard InChI is InChI=1S/C23H24N2O3/c1-2-27-21-7-5-17(6-8-21)15-25-10-11-28-23-20(16-25)12-19(13-22(23)26)18-4-3-9-24-14-18/h3-9,12-14,26H,2,10-11,15-16H2,1H3. The van der Waals surface area contributed by atoms with Crippen molar-refractivity contribution in [1.29, 1.82) is 0 Å². The Morgan fingerprint density at radius 3 is 2.75 bits per heavy atom. The van der Waals surface area contributed by atoms with Crippen LogP contribution < -0.4 is 9.47 Å². The summed E-state index contributed by atoms with van der Waals surface area (Å²) < 4.78 is 11.4. The van der Waals surface area contributed by atoms with Crippen LogP contribution in [0.2, 0.25) is 0 Å². The van der Waals surface area contributed by atoms with E-state index in [1.807, 2.05) is 31.2 Å². The Bertz CT molecular complexity index is 927. The van der Waals surface area contributed by atoms with Gasteiger partial charge in [-0.05, 0) is 48.4 Å². The van der Waals surface area contributed by atoms with Crippen LogP contribution in [0.25, 0.3) is 11.1 Å². The van der Waals surface area contributed by atoms with Gasteiger partial charge in [0.2, 0.25) is 0 Å². The molecule has 144 valence electrons. The number of aromatic nitrogens is 1. The minimum Gasteiger partial charge on any atom is -0.504 e. The summed E-state index contributed by atoms with van der Waals surface area (Å²) in [6, 6.07) is 15.9. The number of nitrogens with zero attached hydrogens (tertiary/aromatic N) is 2. The van der Waals surface area contributed by atoms with Crippen LogP contribution in [0, 0.1) is 0 Å². The zero-order valence-corrected chi connectivity index (χ0v) is 16.0. The third-order valence-electron chi connectivity index (χ3n) is 4.83. The van der Waals surface area contributed by atoms with Crippen LogP contribution in [0.5, 0.6) is 17.2 Å². The van der Waals surface area contributed by atoms with Crippen LogP contribution in [0.15, 0.2) is 60.9 Å². The molecule has 2 aromatic carbocycles. The van der Waals surface area contributed by atoms with E-state index in [0.717, 1.165) is 35.5 Å². The molecule has 0 saturated carbocycles. The third kappa shape index (κ3) is 4.10. The highest BCUT2D eigenvalue weighted by Gasteiger charge is 2.20. The molecule has 0 aliphatic carbocycles. The van der Waals surface area contributed by atoms with Crippen molar-refractivity contribution in [2.24, 2.45) is 0 Å². The fraction of sp³-hybridized carbons (Fsp3) is 0.261. The highest BCUT2D eigenvalue weighted by molar-refractivity contribution is 5.68. The average molecular weight is 376 g/mol. The first-order chi connectivity index (χ1) is 13.7. The maximum absolute atomic E-state index is 10.5. The van der Waals surface area contributed by atoms with Gasteiger partial charge in [0.25, 0.3) is 0 Å². The predicted molar refractivity (Wildman–Crippen MR) is 109 cm³/mol. The first kappa shape index (κ1) is 18.3. The van der Waals surface area contributed by atoms with E-state index in [1.165, 1.54) is 5.56 Å². The molecule has 5 heteroatoms. The number of hydrogen-bond acceptors (Lipinski definition) is 5. The van der Waals surface area contributed by atoms with Crippen LogP contribution >= 0.6 is 0 Å². The van der Waals surface area contributed by atoms with Gasteiger partial charge in [0.15, 0.2) is 11.5 Å². The van der Waals surface area contributed by atoms with Crippen molar-refractivity contribution in [2.75, 3.05) is 19.8 Å². The van der Waals surface area contributed by atoms with Gasteiger partial charge in [-0.3, -0.25) is 9.88 Å². The van der Waals surface area contributed by atoms with Crippen molar-refractivity contribution in [3.05, 3.63) is 72.1 Å². The molecule has 28 heavy (non-hydrogen) atoms. The molecule has 0 bridgehead atoms. The van der Waals surface area contributed by atoms with Crippen molar-refractivity contribution in [1.82, 2.24) is 9.88 Å². The van der Waals surface area contributed by atoms with Gasteiger partial charge < -0.3 is 14.6 Å². The van der Waals surface area contributed by atoms with Gasteiger partial charge >= 0.3 is 0 Å². The van der Waals surface area contributed by atoms with Crippen molar-refractivity contribution in [3.63, 3.8) is 0 Å². The zero-order valence-electron chi connectivity index (χ0n) is 16.0. The minimum atomic E-state index is 0.180. The molecule has 0 radical (unpaired) electrons. The van der Waals surface area contributed by atoms with Gasteiger partial charge in [-0.25, -0.2) is 0 Å². The van der Waals surface area contributed by atoms with E-state index < -0.39 is 0 Å². The van der Waals surface area contributed by atoms with Crippen LogP contribution in [0.1, 0.15) is 18.1 Å². The summed E-state index contributed by atoms with van der Waals surface area (Å²) in [4.78, 5) is 6.51. The molecule has 4 rings (SSSR count). The molecule has 0 fully saturated rings. The number of hydrogen-bond donors (Lipinski definition) is 1. The van der Waals surface area contributed by atoms with E-state index >= 15 is 0 Å². The van der Waals surface area contributed by atoms with Gasteiger partial charge in [0, 0.05) is 43.2 Å². The smallest absolute Gasteiger partial charge is 0.165 e. The molecule has 0 unspecified atom stereocenters. The summed E-state index contributed by atoms with van der Waals surface area (Å²) >= 11 is 0. The summed E-state index contributed by atoms with van der Waals surface area (Å²) in [5.41, 5.74) is 4.13. The van der Waals surface area contributed by atoms with Crippen LogP contribution in [-0.4, -0.2) is 34.7 Å². The highest BCUT2D eigenvalue weighted by atomic mass is 16.5. The fourth-order valence-electron chi connectivity index (χ4n) is 3.50. The lowest BCUT2D eigenvalue weighted by Crippen LogP contribution is -2.25. The Hall–Kier alpha value is -3.05. The maximum atomic E-state index is 10.5. The SMILES string of the molecule is CCOc1ccc(CN2CCOc3c(O)cc(-c4cccnc4)cc3C2)cc1. The molecule has 2 heterocycles. The molecule has 1 N–H and O–H groups in total. The Morgan fingerprint density at radius 2 is 2.00 bits per heavy atom. The minimum absolute atomic E-state index is 0.180. The number of rotatable bonds is 5. The van der Waals surface area contributed by atoms with Crippen molar-refractivity contribution in [3.8, 4) is 28.4 Å². The lowest BCUT2D eigenvalue weighted by molar-refractivity contribution is 0.217. The van der Waals surface area contributed by atoms with E-state index in [1.54, 1.807) is 18.5 Å². The molecule has 3 aromatic rings. The number of phenols is 1. The monoisotopic (exact) mass is 376 g/mol. The second-order valence-corrected chi connectivity index (χ2v) is 6.86. The average Bonchev–Trinajstić information content (AvgIpc) is 2.92. The predicted octanol–water partition coefficient (Wildman–Crippen LogP) is 4.25. The molecule has 0 saturated heterocycles. The molecule has 1 aliphatic rings. The van der Waals surface area contributed by atoms with Crippen molar-refractivity contribution in [2.45, 2.75) is 20.0 Å². The van der Waals surface area contributed by atoms with E-state index in [4.69, 9.17) is 9.47 Å². The first-order valence-corrected chi connectivity index (χ1v) is 9.56. The number of ether oxygens (including phenoxy) is 2. The largest absolute Gasteiger partial charge is 0.504 e. The number of pyridine rings is 1. The van der Waals surface area contributed by atoms with Crippen molar-refractivity contribution < 1.29 is 14.6 Å². The van der Waals surface area contributed by atoms with Gasteiger partial charge in [-0.15, -0.1) is 0 Å². The van der Waals surface area contributed by atoms with E-state index in [9.17, 15) is 5.11 Å². The number of phenolic OH excluding ortho intramolecular Hbond substituents is 1. The van der Waals surface area contributed by atoms with Crippen LogP contribution in [-0.2, 0) is 13.1 Å². The molecular weight excluding hydrogens is 352 g/mol. The summed E-state index contributed by atoms with van der Waals surface area (Å²) in [6.45, 7) is 5.52. The van der Waals surface area contributed by atoms with Gasteiger partial charge in [0.1, 0.15) is 12.4 Å². The molecule has 1 aromatic heterocycles. The molecule has 5 nitrogen and oxygen atoms in total. The van der Waals surface area contributed by atoms with Crippen molar-refractivity contribution >= 4 is 0 Å². The number of fused-ring (bicyclic) bond motifs is 1. The lowest BCUT2D eigenvalue weighted by Gasteiger charge is -2.20. The molecule has 0 atom stereocenters. The van der Waals surface area contributed by atoms with E-state index in [-0.39, 0.29) is 5.75 Å². The van der Waals surface area contributed by atoms with E-state index in [2.05, 4.69) is 28.1 Å². The number of benzene rings is 2. The van der Waals surface area contributed by atoms with Gasteiger partial charge in [-0.2, -0.15) is 0 Å². The normalized spacial score (nSPS) is 14.0. The Morgan fingerprint density at radius 1 is 1.14 bits per heavy atom. The summed E-state index contributed by atoms with van der Waals surface area (Å²) in [5, 5.41) is 10.5. The van der Waals surface area contributed by atoms with Gasteiger partial charge in [0.05, 0.1) is 6.61 Å². The first-order valence-electron chi connectivity index (χ1n) is 9.56. The van der Waals surface area contributed by atoms with E-state index in [0.29, 0.717) is 25.5 Å². The molecule has 1 aliphatic heterocycles. The summed E-state index contributed by atoms with van der Waals surface area (Å²) in [6.07, 6.45) is 3.55. The second kappa shape index (κ2) is 8.31. The lowest BCUT2D eigenvalue weighted by atomic mass is 10.0. The molecule has 0 amide bonds. The Kier molecular flexibility index (Phi) is 5.44. The van der Waals surface area contributed by atoms with Gasteiger partial charge in [-0.1, -0.05) is 18.2 Å². The Balaban J connectivity index is 1.56. The maximum Gasteiger partial charge on any atom is 0.165 e. The highest BCUT2D eigenvalue weighted by Crippen LogP contribution is 2.37. The second-order valence-electron chi connectivity index (χ2n) is 6.86. The van der Waals surface area contributed by atoms with Crippen LogP contribution in [0.4, 0.5) is 0 Å². The van der Waals surface area contributed by atoms with Crippen LogP contribution in [0.3, 0.4) is 0 Å². The third-order valence-corrected chi connectivity index (χ3v) is 4.83. The molecule has 0 spiro atoms. The summed E-state index contributed by atoms with van der Waals surface area (Å²) in [7, 11) is 0. The summed E-state index contributed by atoms with van der Waals surface area (Å²) in [5.74, 6) is 1.66. The molecular formula is C23H24N2O3. The zero-order chi connectivity index (χ0) is 19.3. The number of aromatic hydroxyl groups is 1. The topological polar surface area (TPSA) is 54.8 Å². The fourth-order valence-corrected chi connectivity index (χ4v) is 3.50.